The topological polar surface area (TPSA) is 46.2 Å². The molecule has 0 spiro atoms. The van der Waals surface area contributed by atoms with Crippen LogP contribution in [0.15, 0.2) is 18.2 Å². The van der Waals surface area contributed by atoms with Gasteiger partial charge in [-0.05, 0) is 24.1 Å². The summed E-state index contributed by atoms with van der Waals surface area (Å²) < 4.78 is 0. The van der Waals surface area contributed by atoms with E-state index in [9.17, 15) is 9.59 Å². The van der Waals surface area contributed by atoms with Gasteiger partial charge in [0.05, 0.1) is 0 Å². The number of carbonyl (C=O) groups is 2. The van der Waals surface area contributed by atoms with Crippen LogP contribution >= 0.6 is 11.6 Å². The molecule has 1 unspecified atom stereocenters. The number of benzene rings is 1. The average Bonchev–Trinajstić information content (AvgIpc) is 2.28. The highest BCUT2D eigenvalue weighted by Gasteiger charge is 2.29. The van der Waals surface area contributed by atoms with E-state index in [-0.39, 0.29) is 24.0 Å². The highest BCUT2D eigenvalue weighted by atomic mass is 35.5. The Kier molecular flexibility index (Phi) is 2.97. The van der Waals surface area contributed by atoms with Crippen LogP contribution in [0.25, 0.3) is 0 Å². The van der Waals surface area contributed by atoms with Gasteiger partial charge in [0, 0.05) is 30.0 Å². The molecule has 0 radical (unpaired) electrons. The molecule has 1 amide bonds. The number of Topliss-reactive ketones (excluding diaryl/α,β-unsaturated/α-hetero) is 1. The molecule has 84 valence electrons. The predicted molar refractivity (Wildman–Crippen MR) is 61.7 cm³/mol. The van der Waals surface area contributed by atoms with Gasteiger partial charge in [-0.2, -0.15) is 0 Å². The third-order valence-electron chi connectivity index (χ3n) is 2.89. The minimum atomic E-state index is -0.244. The minimum absolute atomic E-state index is 0.00245. The highest BCUT2D eigenvalue weighted by Crippen LogP contribution is 2.27. The summed E-state index contributed by atoms with van der Waals surface area (Å²) in [4.78, 5) is 23.3. The van der Waals surface area contributed by atoms with E-state index in [4.69, 9.17) is 11.6 Å². The summed E-state index contributed by atoms with van der Waals surface area (Å²) in [5.74, 6) is -0.322. The molecule has 0 saturated carbocycles. The number of rotatable bonds is 1. The SMILES string of the molecule is CNC(=O)C1CC(=O)c2cc(Cl)ccc2C1. The largest absolute Gasteiger partial charge is 0.359 e. The lowest BCUT2D eigenvalue weighted by molar-refractivity contribution is -0.124. The fraction of sp³-hybridized carbons (Fsp3) is 0.333. The van der Waals surface area contributed by atoms with Crippen molar-refractivity contribution in [3.05, 3.63) is 34.3 Å². The van der Waals surface area contributed by atoms with E-state index in [1.807, 2.05) is 6.07 Å². The van der Waals surface area contributed by atoms with E-state index < -0.39 is 0 Å². The molecule has 1 aromatic rings. The molecule has 1 aliphatic rings. The Morgan fingerprint density at radius 3 is 2.88 bits per heavy atom. The predicted octanol–water partition coefficient (Wildman–Crippen LogP) is 1.83. The van der Waals surface area contributed by atoms with E-state index in [0.29, 0.717) is 17.0 Å². The first-order valence-corrected chi connectivity index (χ1v) is 5.53. The second-order valence-electron chi connectivity index (χ2n) is 3.94. The number of fused-ring (bicyclic) bond motifs is 1. The van der Waals surface area contributed by atoms with Crippen LogP contribution in [0.3, 0.4) is 0 Å². The Hall–Kier alpha value is -1.35. The first kappa shape index (κ1) is 11.1. The van der Waals surface area contributed by atoms with Crippen LogP contribution in [-0.4, -0.2) is 18.7 Å². The van der Waals surface area contributed by atoms with Gasteiger partial charge >= 0.3 is 0 Å². The van der Waals surface area contributed by atoms with Crippen LogP contribution in [0.4, 0.5) is 0 Å². The molecule has 3 nitrogen and oxygen atoms in total. The third-order valence-corrected chi connectivity index (χ3v) is 3.12. The van der Waals surface area contributed by atoms with Crippen molar-refractivity contribution in [2.45, 2.75) is 12.8 Å². The van der Waals surface area contributed by atoms with Gasteiger partial charge in [-0.15, -0.1) is 0 Å². The molecule has 2 rings (SSSR count). The molecule has 1 aromatic carbocycles. The molecule has 0 fully saturated rings. The number of halogens is 1. The lowest BCUT2D eigenvalue weighted by Gasteiger charge is -2.22. The smallest absolute Gasteiger partial charge is 0.223 e. The summed E-state index contributed by atoms with van der Waals surface area (Å²) in [6.07, 6.45) is 0.880. The summed E-state index contributed by atoms with van der Waals surface area (Å²) in [5, 5.41) is 3.14. The quantitative estimate of drug-likeness (QED) is 0.810. The van der Waals surface area contributed by atoms with E-state index >= 15 is 0 Å². The third kappa shape index (κ3) is 1.95. The van der Waals surface area contributed by atoms with Crippen LogP contribution < -0.4 is 5.32 Å². The number of hydrogen-bond acceptors (Lipinski definition) is 2. The average molecular weight is 238 g/mol. The summed E-state index contributed by atoms with van der Waals surface area (Å²) in [6, 6.07) is 5.25. The molecular weight excluding hydrogens is 226 g/mol. The Morgan fingerprint density at radius 2 is 2.19 bits per heavy atom. The fourth-order valence-electron chi connectivity index (χ4n) is 2.05. The second-order valence-corrected chi connectivity index (χ2v) is 4.38. The summed E-state index contributed by atoms with van der Waals surface area (Å²) >= 11 is 5.84. The van der Waals surface area contributed by atoms with Crippen LogP contribution in [0.2, 0.25) is 5.02 Å². The van der Waals surface area contributed by atoms with E-state index in [2.05, 4.69) is 5.32 Å². The standard InChI is InChI=1S/C12H12ClNO2/c1-14-12(16)8-4-7-2-3-9(13)6-10(7)11(15)5-8/h2-3,6,8H,4-5H2,1H3,(H,14,16). The number of nitrogens with one attached hydrogen (secondary N) is 1. The van der Waals surface area contributed by atoms with Gasteiger partial charge in [0.2, 0.25) is 5.91 Å². The first-order valence-electron chi connectivity index (χ1n) is 5.15. The maximum atomic E-state index is 11.8. The number of ketones is 1. The molecule has 0 bridgehead atoms. The Balaban J connectivity index is 2.33. The molecule has 0 saturated heterocycles. The zero-order chi connectivity index (χ0) is 11.7. The molecule has 1 atom stereocenters. The summed E-state index contributed by atoms with van der Waals surface area (Å²) in [6.45, 7) is 0. The fourth-order valence-corrected chi connectivity index (χ4v) is 2.22. The molecule has 0 heterocycles. The molecule has 1 aliphatic carbocycles. The Labute approximate surface area is 98.8 Å². The van der Waals surface area contributed by atoms with Crippen molar-refractivity contribution < 1.29 is 9.59 Å². The molecule has 0 aromatic heterocycles. The lowest BCUT2D eigenvalue weighted by Crippen LogP contribution is -2.33. The van der Waals surface area contributed by atoms with Crippen molar-refractivity contribution in [3.63, 3.8) is 0 Å². The van der Waals surface area contributed by atoms with Crippen molar-refractivity contribution >= 4 is 23.3 Å². The minimum Gasteiger partial charge on any atom is -0.359 e. The normalized spacial score (nSPS) is 19.1. The molecule has 0 aliphatic heterocycles. The van der Waals surface area contributed by atoms with Crippen molar-refractivity contribution in [3.8, 4) is 0 Å². The molecule has 4 heteroatoms. The highest BCUT2D eigenvalue weighted by molar-refractivity contribution is 6.31. The van der Waals surface area contributed by atoms with E-state index in [1.165, 1.54) is 0 Å². The second kappa shape index (κ2) is 4.26. The van der Waals surface area contributed by atoms with Crippen molar-refractivity contribution in [2.24, 2.45) is 5.92 Å². The zero-order valence-electron chi connectivity index (χ0n) is 8.92. The first-order chi connectivity index (χ1) is 7.61. The zero-order valence-corrected chi connectivity index (χ0v) is 9.67. The lowest BCUT2D eigenvalue weighted by atomic mass is 9.82. The number of amides is 1. The van der Waals surface area contributed by atoms with Crippen LogP contribution in [0.1, 0.15) is 22.3 Å². The van der Waals surface area contributed by atoms with Crippen molar-refractivity contribution in [1.82, 2.24) is 5.32 Å². The van der Waals surface area contributed by atoms with Gasteiger partial charge in [-0.1, -0.05) is 17.7 Å². The maximum absolute atomic E-state index is 11.8. The van der Waals surface area contributed by atoms with E-state index in [0.717, 1.165) is 5.56 Å². The Morgan fingerprint density at radius 1 is 1.44 bits per heavy atom. The summed E-state index contributed by atoms with van der Waals surface area (Å²) in [5.41, 5.74) is 1.57. The van der Waals surface area contributed by atoms with Crippen LogP contribution in [0.5, 0.6) is 0 Å². The monoisotopic (exact) mass is 237 g/mol. The van der Waals surface area contributed by atoms with Crippen molar-refractivity contribution in [2.75, 3.05) is 7.05 Å². The number of carbonyl (C=O) groups excluding carboxylic acids is 2. The van der Waals surface area contributed by atoms with Crippen LogP contribution in [0, 0.1) is 5.92 Å². The molecular formula is C12H12ClNO2. The van der Waals surface area contributed by atoms with Gasteiger partial charge in [0.25, 0.3) is 0 Å². The summed E-state index contributed by atoms with van der Waals surface area (Å²) in [7, 11) is 1.59. The van der Waals surface area contributed by atoms with Gasteiger partial charge in [0.1, 0.15) is 0 Å². The van der Waals surface area contributed by atoms with Gasteiger partial charge < -0.3 is 5.32 Å². The van der Waals surface area contributed by atoms with Gasteiger partial charge in [-0.3, -0.25) is 9.59 Å². The maximum Gasteiger partial charge on any atom is 0.223 e. The number of hydrogen-bond donors (Lipinski definition) is 1. The van der Waals surface area contributed by atoms with Gasteiger partial charge in [0.15, 0.2) is 5.78 Å². The Bertz CT molecular complexity index is 456. The van der Waals surface area contributed by atoms with E-state index in [1.54, 1.807) is 19.2 Å². The molecule has 16 heavy (non-hydrogen) atoms. The van der Waals surface area contributed by atoms with Gasteiger partial charge in [-0.25, -0.2) is 0 Å². The van der Waals surface area contributed by atoms with Crippen molar-refractivity contribution in [1.29, 1.82) is 0 Å². The van der Waals surface area contributed by atoms with Crippen LogP contribution in [-0.2, 0) is 11.2 Å². The molecule has 1 N–H and O–H groups in total.